The third kappa shape index (κ3) is 3.93. The highest BCUT2D eigenvalue weighted by molar-refractivity contribution is 8.01. The van der Waals surface area contributed by atoms with E-state index in [1.807, 2.05) is 4.90 Å². The van der Waals surface area contributed by atoms with Gasteiger partial charge in [0.25, 0.3) is 0 Å². The Labute approximate surface area is 174 Å². The minimum Gasteiger partial charge on any atom is -0.534 e. The maximum atomic E-state index is 12.7. The number of carboxylic acid groups (broad SMARTS) is 1. The fraction of sp³-hybridized carbons (Fsp3) is 0.579. The number of thioether (sulfide) groups is 1. The summed E-state index contributed by atoms with van der Waals surface area (Å²) >= 11 is 1.35. The van der Waals surface area contributed by atoms with Crippen LogP contribution in [0.4, 0.5) is 0 Å². The highest BCUT2D eigenvalue weighted by Gasteiger charge is 2.42. The Morgan fingerprint density at radius 3 is 2.97 bits per heavy atom. The van der Waals surface area contributed by atoms with E-state index in [0.717, 1.165) is 38.9 Å². The van der Waals surface area contributed by atoms with Gasteiger partial charge in [0.2, 0.25) is 5.91 Å². The van der Waals surface area contributed by atoms with E-state index in [-0.39, 0.29) is 39.4 Å². The summed E-state index contributed by atoms with van der Waals surface area (Å²) in [6.07, 6.45) is 3.69. The van der Waals surface area contributed by atoms with Crippen molar-refractivity contribution in [1.82, 2.24) is 10.2 Å². The van der Waals surface area contributed by atoms with Crippen molar-refractivity contribution in [2.45, 2.75) is 36.4 Å². The molecule has 8 nitrogen and oxygen atoms in total. The number of benzene rings is 1. The number of hydrogen-bond donors (Lipinski definition) is 3. The molecule has 1 amide bonds. The van der Waals surface area contributed by atoms with Gasteiger partial charge >= 0.3 is 13.1 Å². The van der Waals surface area contributed by atoms with Crippen LogP contribution in [0.5, 0.6) is 11.5 Å². The minimum atomic E-state index is -1.19. The molecule has 2 saturated heterocycles. The Kier molecular flexibility index (Phi) is 5.68. The second-order valence-corrected chi connectivity index (χ2v) is 9.10. The number of rotatable bonds is 5. The van der Waals surface area contributed by atoms with Crippen LogP contribution in [-0.2, 0) is 11.2 Å². The molecule has 4 rings (SSSR count). The predicted octanol–water partition coefficient (Wildman–Crippen LogP) is 0.804. The van der Waals surface area contributed by atoms with Gasteiger partial charge in [-0.05, 0) is 43.9 Å². The molecule has 0 saturated carbocycles. The molecular weight excluding hydrogens is 395 g/mol. The van der Waals surface area contributed by atoms with Gasteiger partial charge in [-0.3, -0.25) is 4.79 Å². The van der Waals surface area contributed by atoms with Crippen molar-refractivity contribution in [2.75, 3.05) is 32.5 Å². The number of ether oxygens (including phenoxy) is 1. The second-order valence-electron chi connectivity index (χ2n) is 7.87. The number of carbonyl (C=O) groups is 2. The molecule has 1 unspecified atom stereocenters. The van der Waals surface area contributed by atoms with Crippen molar-refractivity contribution in [1.29, 1.82) is 0 Å². The van der Waals surface area contributed by atoms with Gasteiger partial charge in [-0.2, -0.15) is 0 Å². The summed E-state index contributed by atoms with van der Waals surface area (Å²) in [4.78, 5) is 26.2. The van der Waals surface area contributed by atoms with Gasteiger partial charge in [-0.25, -0.2) is 4.79 Å². The normalized spacial score (nSPS) is 25.8. The van der Waals surface area contributed by atoms with Gasteiger partial charge in [0.1, 0.15) is 17.1 Å². The fourth-order valence-electron chi connectivity index (χ4n) is 4.50. The van der Waals surface area contributed by atoms with Crippen LogP contribution in [-0.4, -0.2) is 77.2 Å². The fourth-order valence-corrected chi connectivity index (χ4v) is 5.56. The molecule has 3 heterocycles. The van der Waals surface area contributed by atoms with Crippen molar-refractivity contribution in [3.05, 3.63) is 23.3 Å². The van der Waals surface area contributed by atoms with Crippen LogP contribution in [0.1, 0.15) is 35.2 Å². The first kappa shape index (κ1) is 20.4. The minimum absolute atomic E-state index is 0.0690. The zero-order valence-electron chi connectivity index (χ0n) is 16.3. The molecule has 29 heavy (non-hydrogen) atoms. The predicted molar refractivity (Wildman–Crippen MR) is 110 cm³/mol. The average molecular weight is 420 g/mol. The van der Waals surface area contributed by atoms with Gasteiger partial charge in [0.05, 0.1) is 18.0 Å². The van der Waals surface area contributed by atoms with E-state index in [0.29, 0.717) is 12.0 Å². The largest absolute Gasteiger partial charge is 0.536 e. The lowest BCUT2D eigenvalue weighted by Gasteiger charge is -2.29. The molecule has 3 N–H and O–H groups in total. The quantitative estimate of drug-likeness (QED) is 0.601. The van der Waals surface area contributed by atoms with Gasteiger partial charge in [-0.15, -0.1) is 11.8 Å². The highest BCUT2D eigenvalue weighted by Crippen LogP contribution is 2.38. The third-order valence-corrected chi connectivity index (χ3v) is 7.31. The molecular formula is C19H25BN2O6S. The average Bonchev–Trinajstić information content (AvgIpc) is 3.35. The summed E-state index contributed by atoms with van der Waals surface area (Å²) in [6, 6.07) is 3.34. The highest BCUT2D eigenvalue weighted by atomic mass is 32.2. The second kappa shape index (κ2) is 8.08. The summed E-state index contributed by atoms with van der Waals surface area (Å²) in [6.45, 7) is 2.53. The van der Waals surface area contributed by atoms with Crippen LogP contribution in [0.15, 0.2) is 12.1 Å². The van der Waals surface area contributed by atoms with Crippen molar-refractivity contribution in [3.63, 3.8) is 0 Å². The first-order chi connectivity index (χ1) is 13.9. The number of amides is 1. The zero-order chi connectivity index (χ0) is 20.6. The summed E-state index contributed by atoms with van der Waals surface area (Å²) in [5.41, 5.74) is 0.697. The molecule has 1 aromatic rings. The molecule has 0 aromatic heterocycles. The molecule has 10 heteroatoms. The monoisotopic (exact) mass is 420 g/mol. The molecule has 1 aromatic carbocycles. The van der Waals surface area contributed by atoms with Crippen molar-refractivity contribution in [2.24, 2.45) is 0 Å². The number of nitrogens with zero attached hydrogens (tertiary/aromatic N) is 1. The van der Waals surface area contributed by atoms with Crippen LogP contribution in [0, 0.1) is 0 Å². The standard InChI is InChI=1S/C19H25BN2O6S/c1-27-13-4-3-12-9-14(20(26)28-17(12)16(13)18(24)25)29-10-15(23)22-8-6-19(11-22)5-2-7-21-19/h3-4,14,21,26H,2,5-11H2,1H3,(H,24,25)/t14-,19?/m0/s1. The summed E-state index contributed by atoms with van der Waals surface area (Å²) in [5.74, 6) is -0.511. The van der Waals surface area contributed by atoms with Gasteiger partial charge < -0.3 is 29.7 Å². The number of fused-ring (bicyclic) bond motifs is 1. The Morgan fingerprint density at radius 2 is 2.28 bits per heavy atom. The third-order valence-electron chi connectivity index (χ3n) is 6.07. The topological polar surface area (TPSA) is 108 Å². The smallest absolute Gasteiger partial charge is 0.534 e. The summed E-state index contributed by atoms with van der Waals surface area (Å²) in [7, 11) is 0.202. The summed E-state index contributed by atoms with van der Waals surface area (Å²) in [5, 5.41) is 23.1. The van der Waals surface area contributed by atoms with Gasteiger partial charge in [-0.1, -0.05) is 6.07 Å². The molecule has 0 radical (unpaired) electrons. The molecule has 3 aliphatic heterocycles. The van der Waals surface area contributed by atoms with E-state index in [9.17, 15) is 19.7 Å². The summed E-state index contributed by atoms with van der Waals surface area (Å²) < 4.78 is 10.7. The molecule has 0 bridgehead atoms. The lowest BCUT2D eigenvalue weighted by Crippen LogP contribution is -2.44. The van der Waals surface area contributed by atoms with Gasteiger partial charge in [0, 0.05) is 18.6 Å². The number of likely N-dealkylation sites (tertiary alicyclic amines) is 1. The van der Waals surface area contributed by atoms with Crippen molar-refractivity contribution in [3.8, 4) is 11.5 Å². The lowest BCUT2D eigenvalue weighted by molar-refractivity contribution is -0.127. The van der Waals surface area contributed by atoms with Crippen LogP contribution < -0.4 is 14.7 Å². The lowest BCUT2D eigenvalue weighted by atomic mass is 9.77. The van der Waals surface area contributed by atoms with Gasteiger partial charge in [0.15, 0.2) is 0 Å². The van der Waals surface area contributed by atoms with Crippen LogP contribution in [0.25, 0.3) is 0 Å². The van der Waals surface area contributed by atoms with Crippen LogP contribution in [0.2, 0.25) is 0 Å². The molecule has 3 aliphatic rings. The van der Waals surface area contributed by atoms with Crippen LogP contribution >= 0.6 is 11.8 Å². The van der Waals surface area contributed by atoms with Crippen LogP contribution in [0.3, 0.4) is 0 Å². The number of aromatic carboxylic acids is 1. The van der Waals surface area contributed by atoms with Crippen molar-refractivity contribution < 1.29 is 29.1 Å². The van der Waals surface area contributed by atoms with Crippen molar-refractivity contribution >= 4 is 30.8 Å². The van der Waals surface area contributed by atoms with E-state index in [4.69, 9.17) is 9.39 Å². The first-order valence-corrected chi connectivity index (χ1v) is 10.9. The van der Waals surface area contributed by atoms with E-state index >= 15 is 0 Å². The molecule has 156 valence electrons. The Balaban J connectivity index is 1.39. The number of methoxy groups -OCH3 is 1. The SMILES string of the molecule is COc1ccc2c(c1C(=O)O)OB(O)[C@@H](SCC(=O)N1CCC3(CCCN3)C1)C2. The first-order valence-electron chi connectivity index (χ1n) is 9.85. The maximum absolute atomic E-state index is 12.7. The van der Waals surface area contributed by atoms with E-state index < -0.39 is 13.1 Å². The number of carbonyl (C=O) groups excluding carboxylic acids is 1. The maximum Gasteiger partial charge on any atom is 0.536 e. The van der Waals surface area contributed by atoms with E-state index in [1.165, 1.54) is 18.9 Å². The molecule has 2 atom stereocenters. The Morgan fingerprint density at radius 1 is 1.45 bits per heavy atom. The van der Waals surface area contributed by atoms with E-state index in [2.05, 4.69) is 5.32 Å². The molecule has 0 aliphatic carbocycles. The number of hydrogen-bond acceptors (Lipinski definition) is 7. The molecule has 2 fully saturated rings. The Bertz CT molecular complexity index is 816. The number of nitrogens with one attached hydrogen (secondary N) is 1. The van der Waals surface area contributed by atoms with E-state index in [1.54, 1.807) is 12.1 Å². The Hall–Kier alpha value is -1.91. The number of carboxylic acids is 1. The zero-order valence-corrected chi connectivity index (χ0v) is 17.2. The molecule has 1 spiro atoms.